The second-order valence-corrected chi connectivity index (χ2v) is 9.18. The van der Waals surface area contributed by atoms with E-state index in [1.54, 1.807) is 11.4 Å². The molecule has 3 aliphatic heterocycles. The first-order valence-corrected chi connectivity index (χ1v) is 10.8. The molecule has 0 aromatic heterocycles. The molecule has 26 heavy (non-hydrogen) atoms. The van der Waals surface area contributed by atoms with Gasteiger partial charge in [0.2, 0.25) is 15.9 Å². The molecule has 0 unspecified atom stereocenters. The Balaban J connectivity index is 1.58. The predicted octanol–water partition coefficient (Wildman–Crippen LogP) is 0.667. The summed E-state index contributed by atoms with van der Waals surface area (Å²) in [6.07, 6.45) is 3.23. The number of piperidine rings is 1. The number of methoxy groups -OCH3 is 1. The maximum atomic E-state index is 12.4. The minimum absolute atomic E-state index is 0.0469. The maximum absolute atomic E-state index is 12.4. The van der Waals surface area contributed by atoms with Crippen molar-refractivity contribution in [3.8, 4) is 5.75 Å². The van der Waals surface area contributed by atoms with Crippen molar-refractivity contribution >= 4 is 15.9 Å². The molecule has 4 rings (SSSR count). The molecule has 7 nitrogen and oxygen atoms in total. The molecule has 3 fully saturated rings. The highest BCUT2D eigenvalue weighted by atomic mass is 32.2. The fourth-order valence-electron chi connectivity index (χ4n) is 3.88. The summed E-state index contributed by atoms with van der Waals surface area (Å²) < 4.78 is 30.7. The molecule has 1 aromatic rings. The average molecular weight is 381 g/mol. The highest BCUT2D eigenvalue weighted by Gasteiger charge is 2.38. The van der Waals surface area contributed by atoms with Gasteiger partial charge in [-0.25, -0.2) is 12.7 Å². The number of rotatable bonds is 6. The topological polar surface area (TPSA) is 79.0 Å². The third-order valence-electron chi connectivity index (χ3n) is 5.28. The van der Waals surface area contributed by atoms with Crippen LogP contribution in [0.25, 0.3) is 0 Å². The van der Waals surface area contributed by atoms with Crippen LogP contribution >= 0.6 is 0 Å². The molecule has 144 valence electrons. The lowest BCUT2D eigenvalue weighted by molar-refractivity contribution is -0.123. The molecule has 0 spiro atoms. The lowest BCUT2D eigenvalue weighted by atomic mass is 9.95. The van der Waals surface area contributed by atoms with E-state index in [1.165, 1.54) is 6.26 Å². The number of fused-ring (bicyclic) bond motifs is 4. The Morgan fingerprint density at radius 2 is 2.00 bits per heavy atom. The van der Waals surface area contributed by atoms with Crippen molar-refractivity contribution < 1.29 is 17.9 Å². The predicted molar refractivity (Wildman–Crippen MR) is 99.3 cm³/mol. The van der Waals surface area contributed by atoms with Gasteiger partial charge in [-0.15, -0.1) is 0 Å². The number of hydrogen-bond acceptors (Lipinski definition) is 5. The van der Waals surface area contributed by atoms with Gasteiger partial charge in [-0.05, 0) is 24.8 Å². The Labute approximate surface area is 155 Å². The highest BCUT2D eigenvalue weighted by Crippen LogP contribution is 2.28. The number of amides is 1. The zero-order valence-electron chi connectivity index (χ0n) is 15.3. The number of benzene rings is 1. The van der Waals surface area contributed by atoms with Crippen LogP contribution in [0.15, 0.2) is 24.3 Å². The van der Waals surface area contributed by atoms with E-state index in [1.807, 2.05) is 24.3 Å². The number of ether oxygens (including phenoxy) is 1. The summed E-state index contributed by atoms with van der Waals surface area (Å²) in [5.74, 6) is 1.00. The van der Waals surface area contributed by atoms with Crippen molar-refractivity contribution in [1.82, 2.24) is 14.5 Å². The summed E-state index contributed by atoms with van der Waals surface area (Å²) in [6, 6.07) is 7.72. The minimum Gasteiger partial charge on any atom is -0.496 e. The number of carbonyl (C=O) groups is 1. The van der Waals surface area contributed by atoms with Gasteiger partial charge in [0.05, 0.1) is 19.9 Å². The largest absolute Gasteiger partial charge is 0.496 e. The molecule has 1 aromatic carbocycles. The maximum Gasteiger partial charge on any atom is 0.234 e. The summed E-state index contributed by atoms with van der Waals surface area (Å²) >= 11 is 0. The molecular formula is C18H27N3O4S. The first-order chi connectivity index (χ1) is 12.4. The van der Waals surface area contributed by atoms with Crippen molar-refractivity contribution in [2.75, 3.05) is 39.5 Å². The van der Waals surface area contributed by atoms with E-state index in [2.05, 4.69) is 10.2 Å². The lowest BCUT2D eigenvalue weighted by Crippen LogP contribution is -2.48. The average Bonchev–Trinajstić information content (AvgIpc) is 2.92. The van der Waals surface area contributed by atoms with Crippen LogP contribution in [-0.4, -0.2) is 69.1 Å². The molecule has 0 radical (unpaired) electrons. The molecular weight excluding hydrogens is 354 g/mol. The van der Waals surface area contributed by atoms with Gasteiger partial charge in [-0.2, -0.15) is 0 Å². The van der Waals surface area contributed by atoms with Crippen LogP contribution in [-0.2, 0) is 21.4 Å². The zero-order chi connectivity index (χ0) is 18.7. The van der Waals surface area contributed by atoms with E-state index >= 15 is 0 Å². The van der Waals surface area contributed by atoms with Crippen LogP contribution in [0.2, 0.25) is 0 Å². The number of para-hydroxylation sites is 1. The van der Waals surface area contributed by atoms with Crippen LogP contribution in [0.1, 0.15) is 18.4 Å². The number of hydrogen-bond donors (Lipinski definition) is 1. The van der Waals surface area contributed by atoms with Crippen molar-refractivity contribution in [2.45, 2.75) is 25.4 Å². The molecule has 3 aliphatic rings. The number of sulfonamides is 1. The molecule has 0 aliphatic carbocycles. The molecule has 2 bridgehead atoms. The van der Waals surface area contributed by atoms with E-state index in [0.717, 1.165) is 30.7 Å². The van der Waals surface area contributed by atoms with Crippen molar-refractivity contribution in [3.05, 3.63) is 29.8 Å². The summed E-state index contributed by atoms with van der Waals surface area (Å²) in [6.45, 7) is 2.54. The molecule has 3 heterocycles. The second kappa shape index (κ2) is 7.94. The molecule has 0 saturated carbocycles. The Morgan fingerprint density at radius 1 is 1.23 bits per heavy atom. The van der Waals surface area contributed by atoms with Crippen molar-refractivity contribution in [1.29, 1.82) is 0 Å². The van der Waals surface area contributed by atoms with Gasteiger partial charge in [-0.3, -0.25) is 9.69 Å². The van der Waals surface area contributed by atoms with Crippen LogP contribution in [0.3, 0.4) is 0 Å². The van der Waals surface area contributed by atoms with Crippen LogP contribution in [0, 0.1) is 5.92 Å². The third-order valence-corrected chi connectivity index (χ3v) is 6.51. The van der Waals surface area contributed by atoms with Gasteiger partial charge in [-0.1, -0.05) is 18.2 Å². The zero-order valence-corrected chi connectivity index (χ0v) is 16.2. The van der Waals surface area contributed by atoms with Crippen LogP contribution in [0.4, 0.5) is 0 Å². The van der Waals surface area contributed by atoms with E-state index in [0.29, 0.717) is 32.1 Å². The van der Waals surface area contributed by atoms with Crippen LogP contribution < -0.4 is 10.1 Å². The quantitative estimate of drug-likeness (QED) is 0.783. The summed E-state index contributed by atoms with van der Waals surface area (Å²) in [5, 5.41) is 2.95. The fraction of sp³-hybridized carbons (Fsp3) is 0.611. The molecule has 1 amide bonds. The minimum atomic E-state index is -3.19. The van der Waals surface area contributed by atoms with Gasteiger partial charge < -0.3 is 10.1 Å². The normalized spacial score (nSPS) is 24.2. The number of nitrogens with one attached hydrogen (secondary N) is 1. The first-order valence-electron chi connectivity index (χ1n) is 8.94. The number of nitrogens with zero attached hydrogens (tertiary/aromatic N) is 2. The van der Waals surface area contributed by atoms with E-state index in [4.69, 9.17) is 4.74 Å². The lowest BCUT2D eigenvalue weighted by Gasteiger charge is -2.35. The molecule has 8 heteroatoms. The second-order valence-electron chi connectivity index (χ2n) is 7.20. The van der Waals surface area contributed by atoms with Gasteiger partial charge in [0.15, 0.2) is 0 Å². The Morgan fingerprint density at radius 3 is 2.73 bits per heavy atom. The molecule has 1 N–H and O–H groups in total. The van der Waals surface area contributed by atoms with Gasteiger partial charge >= 0.3 is 0 Å². The smallest absolute Gasteiger partial charge is 0.234 e. The van der Waals surface area contributed by atoms with Crippen molar-refractivity contribution in [3.63, 3.8) is 0 Å². The van der Waals surface area contributed by atoms with Crippen LogP contribution in [0.5, 0.6) is 5.75 Å². The first kappa shape index (κ1) is 19.1. The third kappa shape index (κ3) is 4.55. The van der Waals surface area contributed by atoms with Gasteiger partial charge in [0.25, 0.3) is 0 Å². The van der Waals surface area contributed by atoms with Gasteiger partial charge in [0.1, 0.15) is 5.75 Å². The Kier molecular flexibility index (Phi) is 5.84. The monoisotopic (exact) mass is 381 g/mol. The standard InChI is InChI=1S/C18H27N3O4S/c1-25-17-6-4-3-5-15(17)9-19-18(22)13-20-10-14-7-8-16(20)12-21(11-14)26(2,23)24/h3-6,14,16H,7-13H2,1-2H3,(H,19,22)/t14-,16-/m1/s1. The summed E-state index contributed by atoms with van der Waals surface area (Å²) in [7, 11) is -1.58. The Bertz CT molecular complexity index is 753. The van der Waals surface area contributed by atoms with Gasteiger partial charge in [0, 0.05) is 37.8 Å². The SMILES string of the molecule is COc1ccccc1CNC(=O)CN1C[C@H]2CC[C@@H]1CN(S(C)(=O)=O)C2. The van der Waals surface area contributed by atoms with Crippen molar-refractivity contribution in [2.24, 2.45) is 5.92 Å². The fourth-order valence-corrected chi connectivity index (χ4v) is 4.81. The molecule has 2 atom stereocenters. The summed E-state index contributed by atoms with van der Waals surface area (Å²) in [4.78, 5) is 14.6. The summed E-state index contributed by atoms with van der Waals surface area (Å²) in [5.41, 5.74) is 0.934. The Hall–Kier alpha value is -1.64. The van der Waals surface area contributed by atoms with E-state index in [9.17, 15) is 13.2 Å². The van der Waals surface area contributed by atoms with E-state index in [-0.39, 0.29) is 11.9 Å². The van der Waals surface area contributed by atoms with E-state index < -0.39 is 10.0 Å². The molecule has 3 saturated heterocycles. The highest BCUT2D eigenvalue weighted by molar-refractivity contribution is 7.88. The number of carbonyl (C=O) groups excluding carboxylic acids is 1.